The van der Waals surface area contributed by atoms with Crippen molar-refractivity contribution in [3.8, 4) is 0 Å². The number of carbonyl (C=O) groups excluding carboxylic acids is 1. The molecule has 1 unspecified atom stereocenters. The highest BCUT2D eigenvalue weighted by molar-refractivity contribution is 7.99. The predicted octanol–water partition coefficient (Wildman–Crippen LogP) is 3.28. The fraction of sp³-hybridized carbons (Fsp3) is 0.462. The molecular weight excluding hydrogens is 237 g/mol. The molecule has 0 fully saturated rings. The van der Waals surface area contributed by atoms with Crippen LogP contribution in [0.5, 0.6) is 0 Å². The summed E-state index contributed by atoms with van der Waals surface area (Å²) in [5.74, 6) is 0.788. The summed E-state index contributed by atoms with van der Waals surface area (Å²) >= 11 is 1.72. The van der Waals surface area contributed by atoms with Gasteiger partial charge in [0.15, 0.2) is 0 Å². The molecular formula is C13H16FNOS. The van der Waals surface area contributed by atoms with Crippen LogP contribution in [0.3, 0.4) is 0 Å². The maximum Gasteiger partial charge on any atom is 0.220 e. The first kappa shape index (κ1) is 12.4. The van der Waals surface area contributed by atoms with E-state index in [1.807, 2.05) is 6.92 Å². The second-order valence-corrected chi connectivity index (χ2v) is 5.33. The topological polar surface area (TPSA) is 29.1 Å². The SMILES string of the molecule is CCCC(=O)NC1CCSc2ccc(F)cc21. The highest BCUT2D eigenvalue weighted by Crippen LogP contribution is 2.36. The van der Waals surface area contributed by atoms with E-state index in [0.29, 0.717) is 6.42 Å². The number of hydrogen-bond donors (Lipinski definition) is 1. The van der Waals surface area contributed by atoms with Crippen LogP contribution >= 0.6 is 11.8 Å². The van der Waals surface area contributed by atoms with E-state index >= 15 is 0 Å². The van der Waals surface area contributed by atoms with Crippen LogP contribution in [0.15, 0.2) is 23.1 Å². The molecule has 17 heavy (non-hydrogen) atoms. The minimum Gasteiger partial charge on any atom is -0.349 e. The van der Waals surface area contributed by atoms with Crippen molar-refractivity contribution in [1.29, 1.82) is 0 Å². The Labute approximate surface area is 105 Å². The first-order valence-corrected chi connectivity index (χ1v) is 6.91. The van der Waals surface area contributed by atoms with Gasteiger partial charge in [0.05, 0.1) is 6.04 Å². The Balaban J connectivity index is 2.16. The van der Waals surface area contributed by atoms with E-state index in [-0.39, 0.29) is 17.8 Å². The van der Waals surface area contributed by atoms with Gasteiger partial charge >= 0.3 is 0 Å². The van der Waals surface area contributed by atoms with E-state index in [4.69, 9.17) is 0 Å². The van der Waals surface area contributed by atoms with Gasteiger partial charge in [0.25, 0.3) is 0 Å². The lowest BCUT2D eigenvalue weighted by atomic mass is 10.0. The van der Waals surface area contributed by atoms with Gasteiger partial charge in [0, 0.05) is 17.1 Å². The van der Waals surface area contributed by atoms with Crippen LogP contribution in [-0.4, -0.2) is 11.7 Å². The zero-order valence-electron chi connectivity index (χ0n) is 9.83. The summed E-state index contributed by atoms with van der Waals surface area (Å²) < 4.78 is 13.2. The van der Waals surface area contributed by atoms with Gasteiger partial charge in [-0.1, -0.05) is 6.92 Å². The van der Waals surface area contributed by atoms with Crippen molar-refractivity contribution in [1.82, 2.24) is 5.32 Å². The number of carbonyl (C=O) groups is 1. The molecule has 1 atom stereocenters. The van der Waals surface area contributed by atoms with Gasteiger partial charge in [-0.05, 0) is 36.6 Å². The van der Waals surface area contributed by atoms with Crippen molar-refractivity contribution in [2.75, 3.05) is 5.75 Å². The molecule has 0 bridgehead atoms. The van der Waals surface area contributed by atoms with Crippen LogP contribution in [0.1, 0.15) is 37.8 Å². The number of nitrogens with one attached hydrogen (secondary N) is 1. The fourth-order valence-corrected chi connectivity index (χ4v) is 3.11. The summed E-state index contributed by atoms with van der Waals surface area (Å²) in [6.07, 6.45) is 2.24. The van der Waals surface area contributed by atoms with Crippen molar-refractivity contribution in [3.05, 3.63) is 29.6 Å². The lowest BCUT2D eigenvalue weighted by Crippen LogP contribution is -2.30. The molecule has 1 aromatic rings. The van der Waals surface area contributed by atoms with Crippen LogP contribution in [0.25, 0.3) is 0 Å². The Morgan fingerprint density at radius 2 is 2.41 bits per heavy atom. The van der Waals surface area contributed by atoms with Crippen molar-refractivity contribution < 1.29 is 9.18 Å². The van der Waals surface area contributed by atoms with Gasteiger partial charge in [-0.15, -0.1) is 11.8 Å². The van der Waals surface area contributed by atoms with E-state index in [0.717, 1.165) is 29.1 Å². The molecule has 1 amide bonds. The summed E-state index contributed by atoms with van der Waals surface area (Å²) in [6, 6.07) is 4.79. The minimum absolute atomic E-state index is 0.0269. The maximum atomic E-state index is 13.2. The van der Waals surface area contributed by atoms with Gasteiger partial charge in [-0.2, -0.15) is 0 Å². The van der Waals surface area contributed by atoms with E-state index in [1.54, 1.807) is 23.9 Å². The van der Waals surface area contributed by atoms with E-state index in [2.05, 4.69) is 5.32 Å². The molecule has 1 aliphatic heterocycles. The van der Waals surface area contributed by atoms with Crippen LogP contribution in [0.2, 0.25) is 0 Å². The molecule has 1 heterocycles. The largest absolute Gasteiger partial charge is 0.349 e. The third kappa shape index (κ3) is 3.00. The van der Waals surface area contributed by atoms with Gasteiger partial charge in [0.1, 0.15) is 5.82 Å². The lowest BCUT2D eigenvalue weighted by Gasteiger charge is -2.26. The summed E-state index contributed by atoms with van der Waals surface area (Å²) in [5.41, 5.74) is 0.922. The van der Waals surface area contributed by atoms with Gasteiger partial charge < -0.3 is 5.32 Å². The number of halogens is 1. The quantitative estimate of drug-likeness (QED) is 0.895. The smallest absolute Gasteiger partial charge is 0.220 e. The second-order valence-electron chi connectivity index (χ2n) is 4.19. The molecule has 1 aliphatic rings. The normalized spacial score (nSPS) is 18.6. The number of thioether (sulfide) groups is 1. The first-order valence-electron chi connectivity index (χ1n) is 5.92. The molecule has 0 aromatic heterocycles. The molecule has 4 heteroatoms. The Morgan fingerprint density at radius 1 is 1.59 bits per heavy atom. The monoisotopic (exact) mass is 253 g/mol. The van der Waals surface area contributed by atoms with Crippen LogP contribution in [0.4, 0.5) is 4.39 Å². The Morgan fingerprint density at radius 3 is 3.18 bits per heavy atom. The molecule has 2 rings (SSSR count). The lowest BCUT2D eigenvalue weighted by molar-refractivity contribution is -0.121. The van der Waals surface area contributed by atoms with E-state index in [9.17, 15) is 9.18 Å². The number of amides is 1. The summed E-state index contributed by atoms with van der Waals surface area (Å²) in [4.78, 5) is 12.7. The van der Waals surface area contributed by atoms with Crippen molar-refractivity contribution in [2.45, 2.75) is 37.1 Å². The average Bonchev–Trinajstić information content (AvgIpc) is 2.30. The first-order chi connectivity index (χ1) is 8.20. The second kappa shape index (κ2) is 5.54. The number of fused-ring (bicyclic) bond motifs is 1. The van der Waals surface area contributed by atoms with E-state index < -0.39 is 0 Å². The third-order valence-corrected chi connectivity index (χ3v) is 3.95. The third-order valence-electron chi connectivity index (χ3n) is 2.82. The van der Waals surface area contributed by atoms with Crippen molar-refractivity contribution in [2.24, 2.45) is 0 Å². The van der Waals surface area contributed by atoms with Crippen molar-refractivity contribution >= 4 is 17.7 Å². The summed E-state index contributed by atoms with van der Waals surface area (Å²) in [5, 5.41) is 2.98. The van der Waals surface area contributed by atoms with E-state index in [1.165, 1.54) is 6.07 Å². The fourth-order valence-electron chi connectivity index (χ4n) is 2.01. The molecule has 0 saturated heterocycles. The maximum absolute atomic E-state index is 13.2. The zero-order chi connectivity index (χ0) is 12.3. The highest BCUT2D eigenvalue weighted by Gasteiger charge is 2.22. The zero-order valence-corrected chi connectivity index (χ0v) is 10.6. The molecule has 1 aromatic carbocycles. The van der Waals surface area contributed by atoms with Crippen LogP contribution in [-0.2, 0) is 4.79 Å². The molecule has 0 spiro atoms. The van der Waals surface area contributed by atoms with Gasteiger partial charge in [-0.3, -0.25) is 4.79 Å². The molecule has 0 aliphatic carbocycles. The summed E-state index contributed by atoms with van der Waals surface area (Å²) in [6.45, 7) is 1.98. The molecule has 2 nitrogen and oxygen atoms in total. The minimum atomic E-state index is -0.235. The molecule has 1 N–H and O–H groups in total. The number of rotatable bonds is 3. The van der Waals surface area contributed by atoms with Gasteiger partial charge in [-0.25, -0.2) is 4.39 Å². The summed E-state index contributed by atoms with van der Waals surface area (Å²) in [7, 11) is 0. The van der Waals surface area contributed by atoms with Crippen LogP contribution in [0, 0.1) is 5.82 Å². The highest BCUT2D eigenvalue weighted by atomic mass is 32.2. The van der Waals surface area contributed by atoms with Gasteiger partial charge in [0.2, 0.25) is 5.91 Å². The van der Waals surface area contributed by atoms with Crippen molar-refractivity contribution in [3.63, 3.8) is 0 Å². The molecule has 92 valence electrons. The number of hydrogen-bond acceptors (Lipinski definition) is 2. The Kier molecular flexibility index (Phi) is 4.05. The molecule has 0 radical (unpaired) electrons. The Bertz CT molecular complexity index is 422. The van der Waals surface area contributed by atoms with Crippen LogP contribution < -0.4 is 5.32 Å². The predicted molar refractivity (Wildman–Crippen MR) is 67.5 cm³/mol. The molecule has 0 saturated carbocycles. The standard InChI is InChI=1S/C13H16FNOS/c1-2-3-13(16)15-11-6-7-17-12-5-4-9(14)8-10(11)12/h4-5,8,11H,2-3,6-7H2,1H3,(H,15,16). The average molecular weight is 253 g/mol. The Hall–Kier alpha value is -1.03. The number of benzene rings is 1.